The average Bonchev–Trinajstić information content (AvgIpc) is 3.32. The number of aromatic nitrogens is 3. The second-order valence-electron chi connectivity index (χ2n) is 6.31. The zero-order chi connectivity index (χ0) is 17.9. The van der Waals surface area contributed by atoms with Crippen LogP contribution < -0.4 is 0 Å². The third-order valence-corrected chi connectivity index (χ3v) is 6.54. The minimum atomic E-state index is -0.661. The van der Waals surface area contributed by atoms with Crippen molar-refractivity contribution in [3.63, 3.8) is 0 Å². The van der Waals surface area contributed by atoms with Crippen molar-refractivity contribution in [1.29, 1.82) is 5.26 Å². The maximum absolute atomic E-state index is 12.8. The van der Waals surface area contributed by atoms with Crippen LogP contribution in [0.1, 0.15) is 39.0 Å². The van der Waals surface area contributed by atoms with E-state index in [4.69, 9.17) is 0 Å². The van der Waals surface area contributed by atoms with Crippen LogP contribution in [0.2, 0.25) is 0 Å². The molecule has 1 atom stereocenters. The van der Waals surface area contributed by atoms with Gasteiger partial charge in [-0.1, -0.05) is 37.1 Å². The van der Waals surface area contributed by atoms with Crippen molar-refractivity contribution in [2.24, 2.45) is 0 Å². The van der Waals surface area contributed by atoms with E-state index in [-0.39, 0.29) is 11.2 Å². The van der Waals surface area contributed by atoms with E-state index in [1.54, 1.807) is 23.3 Å². The van der Waals surface area contributed by atoms with E-state index >= 15 is 0 Å². The number of rotatable bonds is 5. The van der Waals surface area contributed by atoms with Gasteiger partial charge in [0.2, 0.25) is 11.1 Å². The number of nitriles is 1. The van der Waals surface area contributed by atoms with E-state index in [0.29, 0.717) is 11.0 Å². The zero-order valence-electron chi connectivity index (χ0n) is 14.4. The number of carbonyl (C=O) groups excluding carboxylic acids is 1. The lowest BCUT2D eigenvalue weighted by atomic mass is 9.81. The Morgan fingerprint density at radius 3 is 2.88 bits per heavy atom. The minimum absolute atomic E-state index is 0.0454. The van der Waals surface area contributed by atoms with Gasteiger partial charge in [-0.05, 0) is 31.2 Å². The van der Waals surface area contributed by atoms with Crippen LogP contribution in [0.3, 0.4) is 0 Å². The van der Waals surface area contributed by atoms with Crippen molar-refractivity contribution in [3.8, 4) is 16.8 Å². The monoisotopic (exact) mass is 375 g/mol. The van der Waals surface area contributed by atoms with E-state index < -0.39 is 5.54 Å². The fourth-order valence-corrected chi connectivity index (χ4v) is 4.65. The van der Waals surface area contributed by atoms with Gasteiger partial charge in [-0.15, -0.1) is 16.4 Å². The van der Waals surface area contributed by atoms with Gasteiger partial charge in [0, 0.05) is 7.05 Å². The Labute approximate surface area is 155 Å². The van der Waals surface area contributed by atoms with Gasteiger partial charge in [-0.3, -0.25) is 9.89 Å². The lowest BCUT2D eigenvalue weighted by Crippen LogP contribution is -2.52. The van der Waals surface area contributed by atoms with Crippen molar-refractivity contribution in [3.05, 3.63) is 17.5 Å². The predicted octanol–water partition coefficient (Wildman–Crippen LogP) is 3.70. The number of nitrogens with one attached hydrogen (secondary N) is 1. The lowest BCUT2D eigenvalue weighted by Gasteiger charge is -2.39. The predicted molar refractivity (Wildman–Crippen MR) is 99.2 cm³/mol. The molecule has 3 rings (SSSR count). The average molecular weight is 376 g/mol. The molecule has 1 N–H and O–H groups in total. The Morgan fingerprint density at radius 2 is 2.24 bits per heavy atom. The van der Waals surface area contributed by atoms with E-state index in [0.717, 1.165) is 37.0 Å². The molecule has 1 amide bonds. The molecule has 1 saturated carbocycles. The molecule has 1 aliphatic carbocycles. The summed E-state index contributed by atoms with van der Waals surface area (Å²) in [6.45, 7) is 1.85. The van der Waals surface area contributed by atoms with Crippen LogP contribution >= 0.6 is 23.1 Å². The Kier molecular flexibility index (Phi) is 5.45. The highest BCUT2D eigenvalue weighted by Crippen LogP contribution is 2.34. The van der Waals surface area contributed by atoms with E-state index in [1.807, 2.05) is 24.4 Å². The molecule has 0 aliphatic heterocycles. The fourth-order valence-electron chi connectivity index (χ4n) is 3.17. The number of hydrogen-bond donors (Lipinski definition) is 1. The molecule has 25 heavy (non-hydrogen) atoms. The largest absolute Gasteiger partial charge is 0.326 e. The summed E-state index contributed by atoms with van der Waals surface area (Å²) >= 11 is 2.91. The number of hydrogen-bond acceptors (Lipinski definition) is 6. The maximum atomic E-state index is 12.8. The molecule has 0 saturated heterocycles. The molecule has 8 heteroatoms. The summed E-state index contributed by atoms with van der Waals surface area (Å²) in [5, 5.41) is 19.0. The quantitative estimate of drug-likeness (QED) is 0.805. The third kappa shape index (κ3) is 3.72. The van der Waals surface area contributed by atoms with Crippen molar-refractivity contribution >= 4 is 29.0 Å². The third-order valence-electron chi connectivity index (χ3n) is 4.71. The smallest absolute Gasteiger partial charge is 0.236 e. The van der Waals surface area contributed by atoms with E-state index in [2.05, 4.69) is 21.3 Å². The molecule has 2 aromatic rings. The Morgan fingerprint density at radius 1 is 1.48 bits per heavy atom. The summed E-state index contributed by atoms with van der Waals surface area (Å²) in [5.41, 5.74) is -0.661. The molecule has 1 aliphatic rings. The number of thioether (sulfide) groups is 1. The molecule has 0 radical (unpaired) electrons. The van der Waals surface area contributed by atoms with E-state index in [9.17, 15) is 10.1 Å². The number of H-pyrrole nitrogens is 1. The molecule has 0 bridgehead atoms. The van der Waals surface area contributed by atoms with Crippen molar-refractivity contribution in [2.75, 3.05) is 7.05 Å². The zero-order valence-corrected chi connectivity index (χ0v) is 16.0. The molecule has 0 aromatic carbocycles. The molecule has 2 aromatic heterocycles. The standard InChI is InChI=1S/C17H21N5OS2/c1-12(15(23)22(2)17(11-18)8-4-3-5-9-17)25-16-19-14(20-21-16)13-7-6-10-24-13/h6-7,10,12H,3-5,8-9H2,1-2H3,(H,19,20,21)/t12-/m1/s1. The Balaban J connectivity index is 1.67. The molecule has 132 valence electrons. The summed E-state index contributed by atoms with van der Waals surface area (Å²) in [4.78, 5) is 20.0. The Hall–Kier alpha value is -1.85. The summed E-state index contributed by atoms with van der Waals surface area (Å²) in [5.74, 6) is 0.669. The summed E-state index contributed by atoms with van der Waals surface area (Å²) in [6.07, 6.45) is 4.65. The molecule has 1 fully saturated rings. The highest BCUT2D eigenvalue weighted by Gasteiger charge is 2.40. The maximum Gasteiger partial charge on any atom is 0.236 e. The van der Waals surface area contributed by atoms with E-state index in [1.165, 1.54) is 11.8 Å². The first-order valence-corrected chi connectivity index (χ1v) is 10.1. The number of nitrogens with zero attached hydrogens (tertiary/aromatic N) is 4. The van der Waals surface area contributed by atoms with Crippen molar-refractivity contribution < 1.29 is 4.79 Å². The van der Waals surface area contributed by atoms with Crippen LogP contribution in [0.5, 0.6) is 0 Å². The second kappa shape index (κ2) is 7.58. The van der Waals surface area contributed by atoms with Crippen LogP contribution in [-0.4, -0.2) is 43.8 Å². The fraction of sp³-hybridized carbons (Fsp3) is 0.529. The molecule has 2 heterocycles. The number of aromatic amines is 1. The molecular formula is C17H21N5OS2. The molecule has 6 nitrogen and oxygen atoms in total. The van der Waals surface area contributed by atoms with Gasteiger partial charge in [0.15, 0.2) is 5.82 Å². The van der Waals surface area contributed by atoms with Crippen LogP contribution in [-0.2, 0) is 4.79 Å². The van der Waals surface area contributed by atoms with Crippen molar-refractivity contribution in [2.45, 2.75) is 55.0 Å². The topological polar surface area (TPSA) is 85.7 Å². The van der Waals surface area contributed by atoms with Gasteiger partial charge in [-0.2, -0.15) is 5.26 Å². The Bertz CT molecular complexity index is 758. The van der Waals surface area contributed by atoms with Crippen molar-refractivity contribution in [1.82, 2.24) is 20.1 Å². The van der Waals surface area contributed by atoms with Gasteiger partial charge in [0.05, 0.1) is 16.2 Å². The number of amides is 1. The summed E-state index contributed by atoms with van der Waals surface area (Å²) in [6, 6.07) is 6.33. The first-order valence-electron chi connectivity index (χ1n) is 8.37. The first kappa shape index (κ1) is 18.0. The van der Waals surface area contributed by atoms with Crippen LogP contribution in [0.4, 0.5) is 0 Å². The van der Waals surface area contributed by atoms with Gasteiger partial charge >= 0.3 is 0 Å². The summed E-state index contributed by atoms with van der Waals surface area (Å²) in [7, 11) is 1.75. The highest BCUT2D eigenvalue weighted by molar-refractivity contribution is 8.00. The van der Waals surface area contributed by atoms with Crippen LogP contribution in [0.15, 0.2) is 22.7 Å². The minimum Gasteiger partial charge on any atom is -0.326 e. The molecular weight excluding hydrogens is 354 g/mol. The van der Waals surface area contributed by atoms with Gasteiger partial charge in [-0.25, -0.2) is 4.98 Å². The molecule has 0 spiro atoms. The van der Waals surface area contributed by atoms with Crippen LogP contribution in [0, 0.1) is 11.3 Å². The van der Waals surface area contributed by atoms with Gasteiger partial charge in [0.1, 0.15) is 5.54 Å². The first-order chi connectivity index (χ1) is 12.1. The second-order valence-corrected chi connectivity index (χ2v) is 8.56. The van der Waals surface area contributed by atoms with Gasteiger partial charge < -0.3 is 4.90 Å². The lowest BCUT2D eigenvalue weighted by molar-refractivity contribution is -0.133. The van der Waals surface area contributed by atoms with Crippen LogP contribution in [0.25, 0.3) is 10.7 Å². The SMILES string of the molecule is C[C@@H](Sc1n[nH]c(-c2cccs2)n1)C(=O)N(C)C1(C#N)CCCCC1. The summed E-state index contributed by atoms with van der Waals surface area (Å²) < 4.78 is 0. The number of carbonyl (C=O) groups is 1. The van der Waals surface area contributed by atoms with Gasteiger partial charge in [0.25, 0.3) is 0 Å². The normalized spacial score (nSPS) is 17.6. The highest BCUT2D eigenvalue weighted by atomic mass is 32.2. The molecule has 0 unspecified atom stereocenters. The number of thiophene rings is 1.